The summed E-state index contributed by atoms with van der Waals surface area (Å²) < 4.78 is 5.31. The minimum Gasteiger partial charge on any atom is -0.444 e. The van der Waals surface area contributed by atoms with Gasteiger partial charge in [-0.15, -0.1) is 0 Å². The topological polar surface area (TPSA) is 110 Å². The third-order valence-electron chi connectivity index (χ3n) is 6.01. The molecular weight excluding hydrogens is 420 g/mol. The maximum Gasteiger partial charge on any atom is 0.407 e. The number of Topliss-reactive ketones (excluding diaryl/α,β-unsaturated/α-hetero) is 1. The number of alkyl carbamates (subject to hydrolysis) is 1. The van der Waals surface area contributed by atoms with Crippen LogP contribution in [0.15, 0.2) is 12.3 Å². The highest BCUT2D eigenvalue weighted by molar-refractivity contribution is 6.28. The molecule has 0 bridgehead atoms. The van der Waals surface area contributed by atoms with Gasteiger partial charge in [0.15, 0.2) is 5.78 Å². The van der Waals surface area contributed by atoms with Crippen LogP contribution in [0.2, 0.25) is 5.28 Å². The molecule has 2 amide bonds. The van der Waals surface area contributed by atoms with E-state index in [9.17, 15) is 14.4 Å². The van der Waals surface area contributed by atoms with Gasteiger partial charge in [0.25, 0.3) is 5.91 Å². The number of hydrogen-bond acceptors (Lipinski definition) is 6. The Bertz CT molecular complexity index is 814. The third kappa shape index (κ3) is 7.16. The number of carbonyl (C=O) groups excluding carboxylic acids is 3. The van der Waals surface area contributed by atoms with Crippen LogP contribution in [0.1, 0.15) is 77.2 Å². The van der Waals surface area contributed by atoms with E-state index in [1.54, 1.807) is 0 Å². The van der Waals surface area contributed by atoms with Gasteiger partial charge in [0.1, 0.15) is 11.3 Å². The molecule has 172 valence electrons. The molecule has 0 unspecified atom stereocenters. The highest BCUT2D eigenvalue weighted by atomic mass is 35.5. The number of ether oxygens (including phenoxy) is 1. The van der Waals surface area contributed by atoms with E-state index in [-0.39, 0.29) is 28.7 Å². The van der Waals surface area contributed by atoms with Crippen molar-refractivity contribution in [3.05, 3.63) is 23.2 Å². The summed E-state index contributed by atoms with van der Waals surface area (Å²) in [4.78, 5) is 44.9. The van der Waals surface area contributed by atoms with Crippen molar-refractivity contribution in [1.29, 1.82) is 0 Å². The lowest BCUT2D eigenvalue weighted by atomic mass is 9.61. The van der Waals surface area contributed by atoms with Crippen LogP contribution in [0.5, 0.6) is 0 Å². The minimum absolute atomic E-state index is 0.0180. The Hall–Kier alpha value is -2.22. The summed E-state index contributed by atoms with van der Waals surface area (Å²) in [7, 11) is 0. The van der Waals surface area contributed by atoms with Crippen LogP contribution in [0.3, 0.4) is 0 Å². The molecule has 1 aliphatic rings. The van der Waals surface area contributed by atoms with Crippen molar-refractivity contribution >= 4 is 29.4 Å². The van der Waals surface area contributed by atoms with E-state index in [4.69, 9.17) is 16.3 Å². The average molecular weight is 453 g/mol. The van der Waals surface area contributed by atoms with E-state index in [0.29, 0.717) is 25.8 Å². The molecule has 8 nitrogen and oxygen atoms in total. The molecule has 1 aromatic heterocycles. The van der Waals surface area contributed by atoms with E-state index >= 15 is 0 Å². The number of rotatable bonds is 7. The fraction of sp³-hybridized carbons (Fsp3) is 0.682. The first kappa shape index (κ1) is 25.0. The molecule has 2 N–H and O–H groups in total. The molecule has 0 atom stereocenters. The molecule has 1 aliphatic carbocycles. The maximum absolute atomic E-state index is 13.0. The largest absolute Gasteiger partial charge is 0.444 e. The second-order valence-electron chi connectivity index (χ2n) is 9.62. The van der Waals surface area contributed by atoms with Crippen molar-refractivity contribution in [1.82, 2.24) is 20.6 Å². The van der Waals surface area contributed by atoms with Crippen molar-refractivity contribution in [2.24, 2.45) is 10.8 Å². The molecule has 9 heteroatoms. The second kappa shape index (κ2) is 9.94. The van der Waals surface area contributed by atoms with Gasteiger partial charge in [-0.2, -0.15) is 0 Å². The Morgan fingerprint density at radius 3 is 2.35 bits per heavy atom. The zero-order chi connectivity index (χ0) is 23.3. The Labute approximate surface area is 188 Å². The summed E-state index contributed by atoms with van der Waals surface area (Å²) >= 11 is 5.72. The quantitative estimate of drug-likeness (QED) is 0.606. The van der Waals surface area contributed by atoms with Gasteiger partial charge in [-0.05, 0) is 76.0 Å². The van der Waals surface area contributed by atoms with Crippen LogP contribution in [0.25, 0.3) is 0 Å². The highest BCUT2D eigenvalue weighted by Gasteiger charge is 2.43. The molecule has 1 saturated carbocycles. The minimum atomic E-state index is -0.539. The van der Waals surface area contributed by atoms with Crippen molar-refractivity contribution in [3.63, 3.8) is 0 Å². The second-order valence-corrected chi connectivity index (χ2v) is 9.95. The number of carbonyl (C=O) groups is 3. The number of aromatic nitrogens is 2. The number of nitrogens with zero attached hydrogens (tertiary/aromatic N) is 2. The molecule has 0 saturated heterocycles. The van der Waals surface area contributed by atoms with E-state index < -0.39 is 23.0 Å². The third-order valence-corrected chi connectivity index (χ3v) is 6.19. The SMILES string of the molecule is CCC1(C(=O)CNC(=O)c2ccnc(Cl)n2)CCC(C)(CNC(=O)OC(C)(C)C)CC1. The zero-order valence-electron chi connectivity index (χ0n) is 19.0. The summed E-state index contributed by atoms with van der Waals surface area (Å²) in [6.07, 6.45) is 4.71. The standard InChI is InChI=1S/C22H33ClN4O4/c1-6-22(16(28)13-25-17(29)15-7-12-24-18(23)27-15)10-8-21(5,9-11-22)14-26-19(30)31-20(2,3)4/h7,12H,6,8-11,13-14H2,1-5H3,(H,25,29)(H,26,30). The number of nitrogens with one attached hydrogen (secondary N) is 2. The fourth-order valence-corrected chi connectivity index (χ4v) is 3.99. The maximum atomic E-state index is 13.0. The van der Waals surface area contributed by atoms with Gasteiger partial charge >= 0.3 is 6.09 Å². The summed E-state index contributed by atoms with van der Waals surface area (Å²) in [5.74, 6) is -0.434. The van der Waals surface area contributed by atoms with Crippen LogP contribution in [0, 0.1) is 10.8 Å². The Morgan fingerprint density at radius 2 is 1.81 bits per heavy atom. The van der Waals surface area contributed by atoms with E-state index in [0.717, 1.165) is 12.8 Å². The first-order valence-corrected chi connectivity index (χ1v) is 11.0. The first-order valence-electron chi connectivity index (χ1n) is 10.6. The van der Waals surface area contributed by atoms with E-state index in [1.165, 1.54) is 12.3 Å². The van der Waals surface area contributed by atoms with Crippen molar-refractivity contribution in [2.45, 2.75) is 72.3 Å². The van der Waals surface area contributed by atoms with Crippen molar-refractivity contribution in [2.75, 3.05) is 13.1 Å². The average Bonchev–Trinajstić information content (AvgIpc) is 2.70. The number of halogens is 1. The molecule has 0 aromatic carbocycles. The molecular formula is C22H33ClN4O4. The number of ketones is 1. The van der Waals surface area contributed by atoms with Gasteiger partial charge in [-0.1, -0.05) is 13.8 Å². The number of hydrogen-bond donors (Lipinski definition) is 2. The summed E-state index contributed by atoms with van der Waals surface area (Å²) in [6, 6.07) is 1.45. The van der Waals surface area contributed by atoms with Gasteiger partial charge < -0.3 is 15.4 Å². The van der Waals surface area contributed by atoms with Crippen LogP contribution in [0.4, 0.5) is 4.79 Å². The van der Waals surface area contributed by atoms with Gasteiger partial charge in [0.05, 0.1) is 6.54 Å². The Balaban J connectivity index is 1.89. The predicted octanol–water partition coefficient (Wildman–Crippen LogP) is 3.93. The molecule has 1 aromatic rings. The fourth-order valence-electron chi connectivity index (χ4n) is 3.84. The van der Waals surface area contributed by atoms with Crippen LogP contribution >= 0.6 is 11.6 Å². The molecule has 31 heavy (non-hydrogen) atoms. The van der Waals surface area contributed by atoms with Gasteiger partial charge in [0, 0.05) is 18.2 Å². The van der Waals surface area contributed by atoms with Gasteiger partial charge in [0.2, 0.25) is 5.28 Å². The summed E-state index contributed by atoms with van der Waals surface area (Å²) in [5, 5.41) is 5.50. The summed E-state index contributed by atoms with van der Waals surface area (Å²) in [5.41, 5.74) is -0.982. The normalized spacial score (nSPS) is 23.7. The smallest absolute Gasteiger partial charge is 0.407 e. The molecule has 0 spiro atoms. The molecule has 2 rings (SSSR count). The first-order chi connectivity index (χ1) is 14.4. The van der Waals surface area contributed by atoms with Crippen molar-refractivity contribution in [3.8, 4) is 0 Å². The lowest BCUT2D eigenvalue weighted by Crippen LogP contribution is -2.46. The zero-order valence-corrected chi connectivity index (χ0v) is 19.8. The van der Waals surface area contributed by atoms with Crippen LogP contribution < -0.4 is 10.6 Å². The van der Waals surface area contributed by atoms with Gasteiger partial charge in [-0.25, -0.2) is 14.8 Å². The number of amides is 2. The van der Waals surface area contributed by atoms with E-state index in [2.05, 4.69) is 27.5 Å². The predicted molar refractivity (Wildman–Crippen MR) is 118 cm³/mol. The van der Waals surface area contributed by atoms with Crippen LogP contribution in [-0.4, -0.2) is 46.4 Å². The van der Waals surface area contributed by atoms with Crippen LogP contribution in [-0.2, 0) is 9.53 Å². The lowest BCUT2D eigenvalue weighted by molar-refractivity contribution is -0.131. The molecule has 0 aliphatic heterocycles. The Kier molecular flexibility index (Phi) is 8.03. The van der Waals surface area contributed by atoms with E-state index in [1.807, 2.05) is 27.7 Å². The lowest BCUT2D eigenvalue weighted by Gasteiger charge is -2.44. The molecule has 1 fully saturated rings. The van der Waals surface area contributed by atoms with Gasteiger partial charge in [-0.3, -0.25) is 9.59 Å². The highest BCUT2D eigenvalue weighted by Crippen LogP contribution is 2.47. The monoisotopic (exact) mass is 452 g/mol. The Morgan fingerprint density at radius 1 is 1.16 bits per heavy atom. The summed E-state index contributed by atoms with van der Waals surface area (Å²) in [6.45, 7) is 10.1. The molecule has 1 heterocycles. The van der Waals surface area contributed by atoms with Crippen molar-refractivity contribution < 1.29 is 19.1 Å². The molecule has 0 radical (unpaired) electrons.